The molecule has 0 aliphatic heterocycles. The molecule has 0 aliphatic carbocycles. The molecule has 1 rings (SSSR count). The summed E-state index contributed by atoms with van der Waals surface area (Å²) in [5, 5.41) is 0. The smallest absolute Gasteiger partial charge is 0.128 e. The van der Waals surface area contributed by atoms with Crippen molar-refractivity contribution in [1.29, 1.82) is 0 Å². The highest BCUT2D eigenvalue weighted by atomic mass is 35.5. The third kappa shape index (κ3) is 2.95. The Hall–Kier alpha value is -0.640. The molecule has 0 spiro atoms. The van der Waals surface area contributed by atoms with E-state index >= 15 is 0 Å². The fraction of sp³-hybridized carbons (Fsp3) is 0.333. The largest absolute Gasteiger partial charge is 0.329 e. The first kappa shape index (κ1) is 12.4. The molecule has 4 N–H and O–H groups in total. The zero-order chi connectivity index (χ0) is 9.14. The Labute approximate surface area is 83.5 Å². The van der Waals surface area contributed by atoms with Crippen LogP contribution in [0.25, 0.3) is 0 Å². The van der Waals surface area contributed by atoms with Gasteiger partial charge < -0.3 is 11.5 Å². The summed E-state index contributed by atoms with van der Waals surface area (Å²) in [6.45, 7) is 2.10. The second kappa shape index (κ2) is 5.17. The summed E-state index contributed by atoms with van der Waals surface area (Å²) in [4.78, 5) is 0. The zero-order valence-corrected chi connectivity index (χ0v) is 8.27. The minimum atomic E-state index is -0.398. The van der Waals surface area contributed by atoms with E-state index in [0.717, 1.165) is 5.56 Å². The monoisotopic (exact) mass is 204 g/mol. The molecule has 1 atom stereocenters. The molecule has 0 aromatic heterocycles. The first-order valence-electron chi connectivity index (χ1n) is 3.87. The minimum Gasteiger partial charge on any atom is -0.329 e. The molecule has 4 heteroatoms. The highest BCUT2D eigenvalue weighted by Crippen LogP contribution is 2.15. The van der Waals surface area contributed by atoms with Gasteiger partial charge in [-0.05, 0) is 18.6 Å². The zero-order valence-electron chi connectivity index (χ0n) is 7.46. The van der Waals surface area contributed by atoms with E-state index < -0.39 is 6.04 Å². The number of hydrogen-bond acceptors (Lipinski definition) is 2. The summed E-state index contributed by atoms with van der Waals surface area (Å²) >= 11 is 0. The average molecular weight is 205 g/mol. The lowest BCUT2D eigenvalue weighted by Crippen LogP contribution is -2.21. The number of aryl methyl sites for hydroxylation is 1. The van der Waals surface area contributed by atoms with Gasteiger partial charge in [-0.25, -0.2) is 4.39 Å². The summed E-state index contributed by atoms with van der Waals surface area (Å²) in [7, 11) is 0. The summed E-state index contributed by atoms with van der Waals surface area (Å²) in [5.41, 5.74) is 12.3. The van der Waals surface area contributed by atoms with E-state index in [1.807, 2.05) is 13.0 Å². The molecule has 0 heterocycles. The fourth-order valence-electron chi connectivity index (χ4n) is 1.06. The molecule has 1 aromatic rings. The molecule has 13 heavy (non-hydrogen) atoms. The average Bonchev–Trinajstić information content (AvgIpc) is 2.03. The van der Waals surface area contributed by atoms with Gasteiger partial charge in [0.1, 0.15) is 5.82 Å². The van der Waals surface area contributed by atoms with Gasteiger partial charge in [0.25, 0.3) is 0 Å². The van der Waals surface area contributed by atoms with Crippen molar-refractivity contribution in [3.05, 3.63) is 35.1 Å². The predicted octanol–water partition coefficient (Wildman–Crippen LogP) is 1.51. The maximum absolute atomic E-state index is 13.2. The summed E-state index contributed by atoms with van der Waals surface area (Å²) in [5.74, 6) is -0.270. The molecule has 0 fully saturated rings. The van der Waals surface area contributed by atoms with Crippen LogP contribution in [-0.2, 0) is 0 Å². The van der Waals surface area contributed by atoms with Gasteiger partial charge in [-0.3, -0.25) is 0 Å². The van der Waals surface area contributed by atoms with Crippen LogP contribution >= 0.6 is 12.4 Å². The Morgan fingerprint density at radius 1 is 1.46 bits per heavy atom. The molecule has 74 valence electrons. The third-order valence-corrected chi connectivity index (χ3v) is 1.81. The summed E-state index contributed by atoms with van der Waals surface area (Å²) < 4.78 is 13.2. The van der Waals surface area contributed by atoms with E-state index in [9.17, 15) is 4.39 Å². The van der Waals surface area contributed by atoms with Gasteiger partial charge in [0.2, 0.25) is 0 Å². The van der Waals surface area contributed by atoms with E-state index in [1.165, 1.54) is 6.07 Å². The lowest BCUT2D eigenvalue weighted by molar-refractivity contribution is 0.583. The third-order valence-electron chi connectivity index (χ3n) is 1.81. The first-order chi connectivity index (χ1) is 5.65. The quantitative estimate of drug-likeness (QED) is 0.768. The van der Waals surface area contributed by atoms with Crippen molar-refractivity contribution in [3.63, 3.8) is 0 Å². The summed E-state index contributed by atoms with van der Waals surface area (Å²) in [6.07, 6.45) is 0. The SMILES string of the molecule is Cc1ccc([C@H](N)CN)c(F)c1.Cl. The van der Waals surface area contributed by atoms with Crippen molar-refractivity contribution in [3.8, 4) is 0 Å². The van der Waals surface area contributed by atoms with Gasteiger partial charge in [0, 0.05) is 18.2 Å². The lowest BCUT2D eigenvalue weighted by atomic mass is 10.1. The number of hydrogen-bond donors (Lipinski definition) is 2. The molecular weight excluding hydrogens is 191 g/mol. The van der Waals surface area contributed by atoms with Crippen LogP contribution in [0.5, 0.6) is 0 Å². The second-order valence-corrected chi connectivity index (χ2v) is 2.87. The van der Waals surface area contributed by atoms with E-state index in [4.69, 9.17) is 11.5 Å². The number of benzene rings is 1. The fourth-order valence-corrected chi connectivity index (χ4v) is 1.06. The molecule has 0 aliphatic rings. The molecule has 0 amide bonds. The van der Waals surface area contributed by atoms with Gasteiger partial charge in [-0.15, -0.1) is 12.4 Å². The van der Waals surface area contributed by atoms with Crippen molar-refractivity contribution in [2.45, 2.75) is 13.0 Å². The second-order valence-electron chi connectivity index (χ2n) is 2.87. The van der Waals surface area contributed by atoms with Gasteiger partial charge >= 0.3 is 0 Å². The highest BCUT2D eigenvalue weighted by molar-refractivity contribution is 5.85. The topological polar surface area (TPSA) is 52.0 Å². The van der Waals surface area contributed by atoms with Gasteiger partial charge in [0.05, 0.1) is 0 Å². The minimum absolute atomic E-state index is 0. The molecule has 0 radical (unpaired) electrons. The Morgan fingerprint density at radius 2 is 2.08 bits per heavy atom. The maximum atomic E-state index is 13.2. The number of rotatable bonds is 2. The Bertz CT molecular complexity index is 278. The maximum Gasteiger partial charge on any atom is 0.128 e. The molecular formula is C9H14ClFN2. The van der Waals surface area contributed by atoms with Crippen LogP contribution in [0.3, 0.4) is 0 Å². The Morgan fingerprint density at radius 3 is 2.54 bits per heavy atom. The van der Waals surface area contributed by atoms with E-state index in [1.54, 1.807) is 6.07 Å². The van der Waals surface area contributed by atoms with Crippen LogP contribution in [0.2, 0.25) is 0 Å². The highest BCUT2D eigenvalue weighted by Gasteiger charge is 2.08. The van der Waals surface area contributed by atoms with Crippen LogP contribution in [0.15, 0.2) is 18.2 Å². The van der Waals surface area contributed by atoms with E-state index in [-0.39, 0.29) is 24.8 Å². The van der Waals surface area contributed by atoms with Crippen molar-refractivity contribution in [2.24, 2.45) is 11.5 Å². The van der Waals surface area contributed by atoms with Gasteiger partial charge in [-0.1, -0.05) is 12.1 Å². The van der Waals surface area contributed by atoms with Crippen molar-refractivity contribution < 1.29 is 4.39 Å². The molecule has 1 aromatic carbocycles. The molecule has 2 nitrogen and oxygen atoms in total. The normalized spacial score (nSPS) is 12.0. The Kier molecular flexibility index (Phi) is 4.91. The first-order valence-corrected chi connectivity index (χ1v) is 3.87. The van der Waals surface area contributed by atoms with Crippen LogP contribution in [0, 0.1) is 12.7 Å². The van der Waals surface area contributed by atoms with Gasteiger partial charge in [-0.2, -0.15) is 0 Å². The molecule has 0 saturated heterocycles. The van der Waals surface area contributed by atoms with Crippen LogP contribution < -0.4 is 11.5 Å². The number of nitrogens with two attached hydrogens (primary N) is 2. The summed E-state index contributed by atoms with van der Waals surface area (Å²) in [6, 6.07) is 4.58. The predicted molar refractivity (Wildman–Crippen MR) is 54.4 cm³/mol. The van der Waals surface area contributed by atoms with Gasteiger partial charge in [0.15, 0.2) is 0 Å². The molecule has 0 bridgehead atoms. The van der Waals surface area contributed by atoms with Crippen LogP contribution in [0.1, 0.15) is 17.2 Å². The van der Waals surface area contributed by atoms with Crippen LogP contribution in [0.4, 0.5) is 4.39 Å². The van der Waals surface area contributed by atoms with E-state index in [0.29, 0.717) is 5.56 Å². The number of halogens is 2. The van der Waals surface area contributed by atoms with Crippen molar-refractivity contribution in [2.75, 3.05) is 6.54 Å². The molecule has 0 saturated carbocycles. The van der Waals surface area contributed by atoms with Crippen LogP contribution in [-0.4, -0.2) is 6.54 Å². The Balaban J connectivity index is 0.00000144. The van der Waals surface area contributed by atoms with Crippen molar-refractivity contribution >= 4 is 12.4 Å². The molecule has 0 unspecified atom stereocenters. The lowest BCUT2D eigenvalue weighted by Gasteiger charge is -2.10. The van der Waals surface area contributed by atoms with Crippen molar-refractivity contribution in [1.82, 2.24) is 0 Å². The standard InChI is InChI=1S/C9H13FN2.ClH/c1-6-2-3-7(8(10)4-6)9(12)5-11;/h2-4,9H,5,11-12H2,1H3;1H/t9-;/m1./s1. The van der Waals surface area contributed by atoms with E-state index in [2.05, 4.69) is 0 Å².